The largest absolute Gasteiger partial charge is 0.495 e. The van der Waals surface area contributed by atoms with Gasteiger partial charge in [-0.15, -0.1) is 0 Å². The Hall–Kier alpha value is -2.64. The van der Waals surface area contributed by atoms with Gasteiger partial charge in [0.25, 0.3) is 5.91 Å². The molecule has 2 amide bonds. The summed E-state index contributed by atoms with van der Waals surface area (Å²) in [5.74, 6) is 0.560. The molecule has 31 heavy (non-hydrogen) atoms. The van der Waals surface area contributed by atoms with Crippen LogP contribution in [0.4, 0.5) is 5.69 Å². The van der Waals surface area contributed by atoms with Gasteiger partial charge in [0.2, 0.25) is 5.91 Å². The van der Waals surface area contributed by atoms with E-state index in [0.717, 1.165) is 24.8 Å². The molecule has 0 bridgehead atoms. The molecule has 5 nitrogen and oxygen atoms in total. The van der Waals surface area contributed by atoms with Crippen molar-refractivity contribution in [3.05, 3.63) is 64.6 Å². The molecular weight excluding hydrogens is 428 g/mol. The quantitative estimate of drug-likeness (QED) is 0.312. The molecule has 0 aromatic heterocycles. The number of hydrogen-bond acceptors (Lipinski definition) is 5. The summed E-state index contributed by atoms with van der Waals surface area (Å²) in [5, 5.41) is 2.88. The molecule has 0 saturated carbocycles. The number of aryl methyl sites for hydroxylation is 1. The molecular formula is C24H26N2O3S2. The second-order valence-electron chi connectivity index (χ2n) is 7.30. The third-order valence-electron chi connectivity index (χ3n) is 4.92. The van der Waals surface area contributed by atoms with Crippen molar-refractivity contribution in [2.45, 2.75) is 32.6 Å². The second kappa shape index (κ2) is 11.1. The van der Waals surface area contributed by atoms with Crippen molar-refractivity contribution in [1.82, 2.24) is 4.90 Å². The number of thioether (sulfide) groups is 1. The molecule has 1 N–H and O–H groups in total. The van der Waals surface area contributed by atoms with Gasteiger partial charge in [0, 0.05) is 13.0 Å². The van der Waals surface area contributed by atoms with Gasteiger partial charge in [0.15, 0.2) is 0 Å². The Morgan fingerprint density at radius 3 is 2.61 bits per heavy atom. The number of carbonyl (C=O) groups excluding carboxylic acids is 2. The van der Waals surface area contributed by atoms with Gasteiger partial charge in [-0.25, -0.2) is 0 Å². The Bertz CT molecular complexity index is 987. The van der Waals surface area contributed by atoms with Gasteiger partial charge >= 0.3 is 0 Å². The number of ether oxygens (including phenoxy) is 1. The van der Waals surface area contributed by atoms with Crippen molar-refractivity contribution >= 4 is 51.9 Å². The molecule has 0 aliphatic carbocycles. The molecule has 2 aromatic rings. The third-order valence-corrected chi connectivity index (χ3v) is 6.29. The predicted molar refractivity (Wildman–Crippen MR) is 131 cm³/mol. The van der Waals surface area contributed by atoms with Crippen molar-refractivity contribution in [2.75, 3.05) is 19.0 Å². The van der Waals surface area contributed by atoms with Crippen LogP contribution in [-0.4, -0.2) is 34.7 Å². The number of nitrogens with one attached hydrogen (secondary N) is 1. The van der Waals surface area contributed by atoms with Gasteiger partial charge in [-0.1, -0.05) is 72.4 Å². The minimum absolute atomic E-state index is 0.0375. The van der Waals surface area contributed by atoms with Crippen molar-refractivity contribution in [3.63, 3.8) is 0 Å². The van der Waals surface area contributed by atoms with Crippen LogP contribution in [0.1, 0.15) is 36.8 Å². The van der Waals surface area contributed by atoms with E-state index in [1.165, 1.54) is 17.3 Å². The molecule has 0 atom stereocenters. The first-order valence-electron chi connectivity index (χ1n) is 10.2. The summed E-state index contributed by atoms with van der Waals surface area (Å²) in [4.78, 5) is 27.2. The van der Waals surface area contributed by atoms with Gasteiger partial charge < -0.3 is 10.1 Å². The topological polar surface area (TPSA) is 58.6 Å². The molecule has 1 fully saturated rings. The van der Waals surface area contributed by atoms with E-state index < -0.39 is 0 Å². The number of rotatable bonds is 9. The molecule has 0 unspecified atom stereocenters. The lowest BCUT2D eigenvalue weighted by Gasteiger charge is -2.14. The maximum Gasteiger partial charge on any atom is 0.266 e. The minimum atomic E-state index is -0.0452. The van der Waals surface area contributed by atoms with E-state index >= 15 is 0 Å². The normalized spacial score (nSPS) is 14.9. The monoisotopic (exact) mass is 454 g/mol. The first kappa shape index (κ1) is 23.0. The van der Waals surface area contributed by atoms with E-state index in [4.69, 9.17) is 17.0 Å². The number of unbranched alkanes of at least 4 members (excludes halogenated alkanes) is 2. The maximum absolute atomic E-state index is 12.7. The van der Waals surface area contributed by atoms with Crippen LogP contribution in [0.15, 0.2) is 53.4 Å². The van der Waals surface area contributed by atoms with Crippen LogP contribution in [0.2, 0.25) is 0 Å². The number of para-hydroxylation sites is 2. The van der Waals surface area contributed by atoms with Crippen LogP contribution in [-0.2, 0) is 9.59 Å². The van der Waals surface area contributed by atoms with Crippen LogP contribution in [0.25, 0.3) is 6.08 Å². The minimum Gasteiger partial charge on any atom is -0.495 e. The predicted octanol–water partition coefficient (Wildman–Crippen LogP) is 5.40. The van der Waals surface area contributed by atoms with Crippen LogP contribution < -0.4 is 10.1 Å². The van der Waals surface area contributed by atoms with Crippen molar-refractivity contribution in [2.24, 2.45) is 0 Å². The van der Waals surface area contributed by atoms with E-state index in [-0.39, 0.29) is 11.8 Å². The number of carbonyl (C=O) groups is 2. The molecule has 1 heterocycles. The fraction of sp³-hybridized carbons (Fsp3) is 0.292. The Kier molecular flexibility index (Phi) is 8.26. The highest BCUT2D eigenvalue weighted by atomic mass is 32.2. The molecule has 1 aliphatic heterocycles. The number of anilines is 1. The zero-order valence-corrected chi connectivity index (χ0v) is 19.4. The van der Waals surface area contributed by atoms with E-state index in [2.05, 4.69) is 5.32 Å². The Labute approximate surface area is 192 Å². The van der Waals surface area contributed by atoms with E-state index in [1.54, 1.807) is 12.0 Å². The Morgan fingerprint density at radius 2 is 1.87 bits per heavy atom. The van der Waals surface area contributed by atoms with Crippen LogP contribution >= 0.6 is 24.0 Å². The number of nitrogens with zero attached hydrogens (tertiary/aromatic N) is 1. The molecule has 1 aliphatic rings. The lowest BCUT2D eigenvalue weighted by atomic mass is 10.1. The van der Waals surface area contributed by atoms with Gasteiger partial charge in [-0.05, 0) is 43.5 Å². The SMILES string of the molecule is COc1ccccc1NC(=O)CCCCCN1C(=O)C(=Cc2ccc(C)cc2)SC1=S. The van der Waals surface area contributed by atoms with Gasteiger partial charge in [-0.3, -0.25) is 14.5 Å². The Balaban J connectivity index is 1.42. The van der Waals surface area contributed by atoms with Gasteiger partial charge in [0.1, 0.15) is 10.1 Å². The highest BCUT2D eigenvalue weighted by Crippen LogP contribution is 2.32. The smallest absolute Gasteiger partial charge is 0.266 e. The van der Waals surface area contributed by atoms with Crippen LogP contribution in [0, 0.1) is 6.92 Å². The van der Waals surface area contributed by atoms with E-state index in [0.29, 0.717) is 33.6 Å². The van der Waals surface area contributed by atoms with Crippen LogP contribution in [0.5, 0.6) is 5.75 Å². The summed E-state index contributed by atoms with van der Waals surface area (Å²) in [5.41, 5.74) is 2.85. The average molecular weight is 455 g/mol. The lowest BCUT2D eigenvalue weighted by Crippen LogP contribution is -2.29. The summed E-state index contributed by atoms with van der Waals surface area (Å²) in [6.07, 6.45) is 4.69. The summed E-state index contributed by atoms with van der Waals surface area (Å²) < 4.78 is 5.84. The number of methoxy groups -OCH3 is 1. The average Bonchev–Trinajstić information content (AvgIpc) is 3.02. The molecule has 162 valence electrons. The van der Waals surface area contributed by atoms with Crippen molar-refractivity contribution in [3.8, 4) is 5.75 Å². The second-order valence-corrected chi connectivity index (χ2v) is 8.98. The van der Waals surface area contributed by atoms with Gasteiger partial charge in [-0.2, -0.15) is 0 Å². The molecule has 0 spiro atoms. The van der Waals surface area contributed by atoms with Crippen LogP contribution in [0.3, 0.4) is 0 Å². The standard InChI is InChI=1S/C24H26N2O3S2/c1-17-11-13-18(14-12-17)16-21-23(28)26(24(30)31-21)15-7-3-4-10-22(27)25-19-8-5-6-9-20(19)29-2/h5-6,8-9,11-14,16H,3-4,7,10,15H2,1-2H3,(H,25,27). The highest BCUT2D eigenvalue weighted by molar-refractivity contribution is 8.26. The summed E-state index contributed by atoms with van der Waals surface area (Å²) in [6, 6.07) is 15.4. The van der Waals surface area contributed by atoms with Crippen molar-refractivity contribution < 1.29 is 14.3 Å². The molecule has 0 radical (unpaired) electrons. The number of amides is 2. The zero-order valence-electron chi connectivity index (χ0n) is 17.7. The fourth-order valence-electron chi connectivity index (χ4n) is 3.20. The lowest BCUT2D eigenvalue weighted by molar-refractivity contribution is -0.122. The maximum atomic E-state index is 12.7. The highest BCUT2D eigenvalue weighted by Gasteiger charge is 2.31. The molecule has 7 heteroatoms. The molecule has 1 saturated heterocycles. The summed E-state index contributed by atoms with van der Waals surface area (Å²) in [6.45, 7) is 2.61. The summed E-state index contributed by atoms with van der Waals surface area (Å²) in [7, 11) is 1.58. The summed E-state index contributed by atoms with van der Waals surface area (Å²) >= 11 is 6.75. The van der Waals surface area contributed by atoms with E-state index in [9.17, 15) is 9.59 Å². The molecule has 2 aromatic carbocycles. The Morgan fingerprint density at radius 1 is 1.13 bits per heavy atom. The van der Waals surface area contributed by atoms with Gasteiger partial charge in [0.05, 0.1) is 17.7 Å². The number of benzene rings is 2. The third kappa shape index (κ3) is 6.42. The first-order valence-corrected chi connectivity index (χ1v) is 11.5. The van der Waals surface area contributed by atoms with Crippen molar-refractivity contribution in [1.29, 1.82) is 0 Å². The van der Waals surface area contributed by atoms with E-state index in [1.807, 2.05) is 61.5 Å². The number of hydrogen-bond donors (Lipinski definition) is 1. The zero-order chi connectivity index (χ0) is 22.2. The fourth-order valence-corrected chi connectivity index (χ4v) is 4.51. The first-order chi connectivity index (χ1) is 15.0. The number of thiocarbonyl (C=S) groups is 1. The molecule has 3 rings (SSSR count).